The second-order valence-electron chi connectivity index (χ2n) is 4.40. The highest BCUT2D eigenvalue weighted by Crippen LogP contribution is 2.21. The van der Waals surface area contributed by atoms with Gasteiger partial charge in [0.15, 0.2) is 0 Å². The number of rotatable bonds is 7. The van der Waals surface area contributed by atoms with Gasteiger partial charge in [-0.2, -0.15) is 0 Å². The highest BCUT2D eigenvalue weighted by molar-refractivity contribution is 7.84. The van der Waals surface area contributed by atoms with Crippen molar-refractivity contribution in [2.24, 2.45) is 11.1 Å². The van der Waals surface area contributed by atoms with Gasteiger partial charge < -0.3 is 11.1 Å². The first-order valence-electron chi connectivity index (χ1n) is 5.66. The summed E-state index contributed by atoms with van der Waals surface area (Å²) in [7, 11) is -0.859. The lowest BCUT2D eigenvalue weighted by Gasteiger charge is -2.25. The minimum Gasteiger partial charge on any atom is -0.392 e. The van der Waals surface area contributed by atoms with Crippen molar-refractivity contribution in [3.63, 3.8) is 0 Å². The molecular formula is C11H22N2O2S2. The fourth-order valence-electron chi connectivity index (χ4n) is 1.20. The summed E-state index contributed by atoms with van der Waals surface area (Å²) in [6, 6.07) is 0. The number of carbonyl (C=O) groups is 1. The molecule has 0 aliphatic heterocycles. The molecule has 4 nitrogen and oxygen atoms in total. The molecule has 0 bridgehead atoms. The number of amides is 1. The molecule has 6 heteroatoms. The van der Waals surface area contributed by atoms with Crippen LogP contribution in [-0.2, 0) is 15.6 Å². The van der Waals surface area contributed by atoms with E-state index in [1.165, 1.54) is 0 Å². The molecule has 0 saturated carbocycles. The van der Waals surface area contributed by atoms with Gasteiger partial charge in [-0.05, 0) is 19.8 Å². The maximum absolute atomic E-state index is 11.9. The average molecular weight is 278 g/mol. The number of hydrogen-bond donors (Lipinski definition) is 2. The Kier molecular flexibility index (Phi) is 6.85. The van der Waals surface area contributed by atoms with Gasteiger partial charge in [0.1, 0.15) is 0 Å². The molecule has 0 saturated heterocycles. The Hall–Kier alpha value is -0.490. The number of nitrogens with one attached hydrogen (secondary N) is 1. The van der Waals surface area contributed by atoms with Crippen LogP contribution >= 0.6 is 12.2 Å². The van der Waals surface area contributed by atoms with Crippen LogP contribution < -0.4 is 11.1 Å². The molecule has 0 aromatic heterocycles. The van der Waals surface area contributed by atoms with Crippen molar-refractivity contribution >= 4 is 33.9 Å². The summed E-state index contributed by atoms with van der Waals surface area (Å²) in [4.78, 5) is 12.1. The van der Waals surface area contributed by atoms with Crippen LogP contribution in [0.25, 0.3) is 0 Å². The van der Waals surface area contributed by atoms with Crippen LogP contribution in [0.3, 0.4) is 0 Å². The molecule has 3 unspecified atom stereocenters. The van der Waals surface area contributed by atoms with Crippen LogP contribution in [0.1, 0.15) is 33.6 Å². The van der Waals surface area contributed by atoms with Gasteiger partial charge in [0.25, 0.3) is 0 Å². The summed E-state index contributed by atoms with van der Waals surface area (Å²) in [6.45, 7) is 6.02. The largest absolute Gasteiger partial charge is 0.392 e. The summed E-state index contributed by atoms with van der Waals surface area (Å²) in [6.07, 6.45) is 2.92. The van der Waals surface area contributed by atoms with Gasteiger partial charge in [-0.25, -0.2) is 0 Å². The lowest BCUT2D eigenvalue weighted by atomic mass is 9.86. The van der Waals surface area contributed by atoms with Crippen molar-refractivity contribution < 1.29 is 9.00 Å². The smallest absolute Gasteiger partial charge is 0.232 e. The molecular weight excluding hydrogens is 256 g/mol. The summed E-state index contributed by atoms with van der Waals surface area (Å²) in [5.41, 5.74) is 4.80. The lowest BCUT2D eigenvalue weighted by molar-refractivity contribution is -0.126. The van der Waals surface area contributed by atoms with Gasteiger partial charge in [0.2, 0.25) is 5.91 Å². The van der Waals surface area contributed by atoms with Crippen molar-refractivity contribution in [1.82, 2.24) is 5.32 Å². The third kappa shape index (κ3) is 4.71. The molecule has 100 valence electrons. The maximum Gasteiger partial charge on any atom is 0.232 e. The van der Waals surface area contributed by atoms with Crippen LogP contribution in [0, 0.1) is 5.41 Å². The molecule has 17 heavy (non-hydrogen) atoms. The SMILES string of the molecule is CCC(C)(C(=O)NCCC(C)S(C)=O)C(N)=S. The van der Waals surface area contributed by atoms with E-state index in [9.17, 15) is 9.00 Å². The summed E-state index contributed by atoms with van der Waals surface area (Å²) in [5, 5.41) is 2.88. The fourth-order valence-corrected chi connectivity index (χ4v) is 1.88. The molecule has 0 aliphatic carbocycles. The van der Waals surface area contributed by atoms with Crippen molar-refractivity contribution in [3.05, 3.63) is 0 Å². The number of carbonyl (C=O) groups excluding carboxylic acids is 1. The van der Waals surface area contributed by atoms with Crippen molar-refractivity contribution in [2.75, 3.05) is 12.8 Å². The first-order valence-corrected chi connectivity index (χ1v) is 7.69. The molecule has 0 spiro atoms. The number of nitrogens with two attached hydrogens (primary N) is 1. The zero-order valence-corrected chi connectivity index (χ0v) is 12.5. The van der Waals surface area contributed by atoms with Gasteiger partial charge in [-0.15, -0.1) is 0 Å². The van der Waals surface area contributed by atoms with Crippen molar-refractivity contribution in [3.8, 4) is 0 Å². The highest BCUT2D eigenvalue weighted by Gasteiger charge is 2.34. The molecule has 0 fully saturated rings. The predicted molar refractivity (Wildman–Crippen MR) is 76.3 cm³/mol. The second kappa shape index (κ2) is 7.06. The van der Waals surface area contributed by atoms with Gasteiger partial charge in [0.05, 0.1) is 10.4 Å². The van der Waals surface area contributed by atoms with Gasteiger partial charge in [-0.3, -0.25) is 9.00 Å². The van der Waals surface area contributed by atoms with Gasteiger partial charge in [-0.1, -0.05) is 26.1 Å². The van der Waals surface area contributed by atoms with E-state index in [0.29, 0.717) is 19.4 Å². The van der Waals surface area contributed by atoms with Crippen molar-refractivity contribution in [2.45, 2.75) is 38.9 Å². The zero-order chi connectivity index (χ0) is 13.6. The van der Waals surface area contributed by atoms with Crippen LogP contribution in [0.2, 0.25) is 0 Å². The van der Waals surface area contributed by atoms with E-state index in [2.05, 4.69) is 5.32 Å². The van der Waals surface area contributed by atoms with E-state index in [1.807, 2.05) is 13.8 Å². The second-order valence-corrected chi connectivity index (χ2v) is 6.65. The summed E-state index contributed by atoms with van der Waals surface area (Å²) < 4.78 is 11.1. The lowest BCUT2D eigenvalue weighted by Crippen LogP contribution is -2.47. The maximum atomic E-state index is 11.9. The minimum absolute atomic E-state index is 0.0769. The Balaban J connectivity index is 4.27. The Morgan fingerprint density at radius 2 is 2.12 bits per heavy atom. The van der Waals surface area contributed by atoms with E-state index in [-0.39, 0.29) is 16.1 Å². The van der Waals surface area contributed by atoms with Gasteiger partial charge in [0, 0.05) is 28.9 Å². The number of hydrogen-bond acceptors (Lipinski definition) is 3. The normalized spacial score (nSPS) is 17.9. The topological polar surface area (TPSA) is 72.2 Å². The molecule has 0 aromatic rings. The Morgan fingerprint density at radius 1 is 1.59 bits per heavy atom. The van der Waals surface area contributed by atoms with E-state index in [4.69, 9.17) is 18.0 Å². The standard InChI is InChI=1S/C11H22N2O2S2/c1-5-11(3,9(12)16)10(14)13-7-6-8(2)17(4)15/h8H,5-7H2,1-4H3,(H2,12,16)(H,13,14). The molecule has 0 aromatic carbocycles. The van der Waals surface area contributed by atoms with Crippen molar-refractivity contribution in [1.29, 1.82) is 0 Å². The summed E-state index contributed by atoms with van der Waals surface area (Å²) in [5.74, 6) is -0.151. The van der Waals surface area contributed by atoms with Crippen LogP contribution in [0.15, 0.2) is 0 Å². The average Bonchev–Trinajstić information content (AvgIpc) is 2.26. The molecule has 0 radical (unpaired) electrons. The van der Waals surface area contributed by atoms with Gasteiger partial charge >= 0.3 is 0 Å². The van der Waals surface area contributed by atoms with E-state index in [0.717, 1.165) is 0 Å². The van der Waals surface area contributed by atoms with Crippen LogP contribution in [0.5, 0.6) is 0 Å². The highest BCUT2D eigenvalue weighted by atomic mass is 32.2. The molecule has 3 atom stereocenters. The molecule has 1 amide bonds. The monoisotopic (exact) mass is 278 g/mol. The predicted octanol–water partition coefficient (Wildman–Crippen LogP) is 0.962. The third-order valence-electron chi connectivity index (χ3n) is 3.16. The van der Waals surface area contributed by atoms with E-state index < -0.39 is 16.2 Å². The van der Waals surface area contributed by atoms with Crippen LogP contribution in [0.4, 0.5) is 0 Å². The Morgan fingerprint density at radius 3 is 2.47 bits per heavy atom. The number of thiocarbonyl (C=S) groups is 1. The van der Waals surface area contributed by atoms with Crippen LogP contribution in [-0.4, -0.2) is 33.2 Å². The molecule has 0 rings (SSSR count). The van der Waals surface area contributed by atoms with E-state index >= 15 is 0 Å². The Bertz CT molecular complexity index is 321. The Labute approximate surface area is 111 Å². The molecule has 0 heterocycles. The first kappa shape index (κ1) is 16.5. The van der Waals surface area contributed by atoms with E-state index in [1.54, 1.807) is 13.2 Å². The fraction of sp³-hybridized carbons (Fsp3) is 0.818. The molecule has 3 N–H and O–H groups in total. The quantitative estimate of drug-likeness (QED) is 0.681. The summed E-state index contributed by atoms with van der Waals surface area (Å²) >= 11 is 4.92. The third-order valence-corrected chi connectivity index (χ3v) is 4.97. The molecule has 0 aliphatic rings. The zero-order valence-electron chi connectivity index (χ0n) is 10.9. The minimum atomic E-state index is -0.859. The first-order chi connectivity index (χ1) is 7.75.